The number of thiophene rings is 1. The van der Waals surface area contributed by atoms with Gasteiger partial charge in [0.05, 0.1) is 16.4 Å². The number of nitrogens with zero attached hydrogens (tertiary/aromatic N) is 2. The van der Waals surface area contributed by atoms with Crippen molar-refractivity contribution in [2.45, 2.75) is 32.3 Å². The number of aromatic nitrogens is 2. The summed E-state index contributed by atoms with van der Waals surface area (Å²) in [7, 11) is 0. The van der Waals surface area contributed by atoms with Gasteiger partial charge in [-0.15, -0.1) is 11.3 Å². The molecule has 1 atom stereocenters. The molecule has 1 aromatic carbocycles. The highest BCUT2D eigenvalue weighted by Crippen LogP contribution is 2.33. The zero-order valence-electron chi connectivity index (χ0n) is 15.9. The maximum Gasteiger partial charge on any atom is 0.261 e. The first kappa shape index (κ1) is 18.8. The van der Waals surface area contributed by atoms with E-state index >= 15 is 0 Å². The van der Waals surface area contributed by atoms with E-state index in [2.05, 4.69) is 32.7 Å². The number of amides is 1. The lowest BCUT2D eigenvalue weighted by molar-refractivity contribution is 0.0957. The van der Waals surface area contributed by atoms with Crippen LogP contribution < -0.4 is 10.6 Å². The second-order valence-corrected chi connectivity index (χ2v) is 7.97. The fourth-order valence-electron chi connectivity index (χ4n) is 3.48. The van der Waals surface area contributed by atoms with Crippen LogP contribution in [0.4, 0.5) is 5.82 Å². The van der Waals surface area contributed by atoms with Gasteiger partial charge in [0, 0.05) is 19.7 Å². The third kappa shape index (κ3) is 4.15. The van der Waals surface area contributed by atoms with Crippen molar-refractivity contribution < 1.29 is 9.53 Å². The Morgan fingerprint density at radius 2 is 2.14 bits per heavy atom. The number of carbonyl (C=O) groups is 1. The fourth-order valence-corrected chi connectivity index (χ4v) is 4.55. The van der Waals surface area contributed by atoms with E-state index in [4.69, 9.17) is 4.74 Å². The lowest BCUT2D eigenvalue weighted by Crippen LogP contribution is -2.25. The molecule has 1 fully saturated rings. The number of hydrogen-bond donors (Lipinski definition) is 2. The summed E-state index contributed by atoms with van der Waals surface area (Å²) >= 11 is 1.42. The van der Waals surface area contributed by atoms with Crippen LogP contribution in [0.25, 0.3) is 10.2 Å². The van der Waals surface area contributed by atoms with Gasteiger partial charge in [-0.25, -0.2) is 9.97 Å². The molecule has 1 saturated heterocycles. The number of hydrogen-bond acceptors (Lipinski definition) is 6. The van der Waals surface area contributed by atoms with Crippen molar-refractivity contribution in [2.75, 3.05) is 25.0 Å². The highest BCUT2D eigenvalue weighted by atomic mass is 32.1. The number of nitrogens with one attached hydrogen (secondary N) is 2. The number of anilines is 1. The van der Waals surface area contributed by atoms with E-state index in [0.717, 1.165) is 54.0 Å². The number of ether oxygens (including phenoxy) is 1. The molecule has 0 bridgehead atoms. The van der Waals surface area contributed by atoms with Gasteiger partial charge in [0.1, 0.15) is 17.0 Å². The number of benzene rings is 1. The van der Waals surface area contributed by atoms with Crippen LogP contribution in [-0.4, -0.2) is 41.7 Å². The van der Waals surface area contributed by atoms with Crippen molar-refractivity contribution in [1.29, 1.82) is 0 Å². The van der Waals surface area contributed by atoms with E-state index in [1.165, 1.54) is 16.9 Å². The Balaban J connectivity index is 1.45. The minimum atomic E-state index is -0.0542. The first-order valence-corrected chi connectivity index (χ1v) is 10.5. The molecule has 3 aromatic rings. The van der Waals surface area contributed by atoms with Crippen LogP contribution in [0.15, 0.2) is 36.7 Å². The molecule has 0 spiro atoms. The smallest absolute Gasteiger partial charge is 0.261 e. The molecule has 6 nitrogen and oxygen atoms in total. The van der Waals surface area contributed by atoms with Crippen LogP contribution in [-0.2, 0) is 11.2 Å². The topological polar surface area (TPSA) is 76.1 Å². The summed E-state index contributed by atoms with van der Waals surface area (Å²) in [5.41, 5.74) is 2.13. The Hall–Kier alpha value is -2.51. The minimum absolute atomic E-state index is 0.0542. The highest BCUT2D eigenvalue weighted by Gasteiger charge is 2.20. The summed E-state index contributed by atoms with van der Waals surface area (Å²) in [5.74, 6) is 0.721. The van der Waals surface area contributed by atoms with Crippen LogP contribution in [0.3, 0.4) is 0 Å². The summed E-state index contributed by atoms with van der Waals surface area (Å²) in [6, 6.07) is 10.2. The van der Waals surface area contributed by atoms with Crippen LogP contribution in [0.2, 0.25) is 0 Å². The van der Waals surface area contributed by atoms with Crippen LogP contribution >= 0.6 is 11.3 Å². The monoisotopic (exact) mass is 396 g/mol. The SMILES string of the molecule is Cc1c(C(=O)NCCc2ccccc2)sc2ncnc(NC[C@@H]3CCCO3)c12. The summed E-state index contributed by atoms with van der Waals surface area (Å²) in [5, 5.41) is 7.34. The molecule has 4 rings (SSSR count). The fraction of sp³-hybridized carbons (Fsp3) is 0.381. The maximum atomic E-state index is 12.7. The Bertz CT molecular complexity index is 952. The molecule has 1 aliphatic heterocycles. The van der Waals surface area contributed by atoms with Crippen LogP contribution in [0.5, 0.6) is 0 Å². The second-order valence-electron chi connectivity index (χ2n) is 6.97. The predicted octanol–water partition coefficient (Wildman–Crippen LogP) is 3.56. The molecule has 2 aromatic heterocycles. The normalized spacial score (nSPS) is 16.4. The van der Waals surface area contributed by atoms with Gasteiger partial charge in [0.2, 0.25) is 0 Å². The standard InChI is InChI=1S/C21H24N4O2S/c1-14-17-19(23-12-16-8-5-11-27-16)24-13-25-21(17)28-18(14)20(26)22-10-9-15-6-3-2-4-7-15/h2-4,6-7,13,16H,5,8-12H2,1H3,(H,22,26)(H,23,24,25)/t16-/m0/s1. The molecule has 0 aliphatic carbocycles. The summed E-state index contributed by atoms with van der Waals surface area (Å²) < 4.78 is 5.67. The second kappa shape index (κ2) is 8.67. The van der Waals surface area contributed by atoms with Gasteiger partial charge >= 0.3 is 0 Å². The first-order valence-electron chi connectivity index (χ1n) is 9.64. The molecule has 0 saturated carbocycles. The molecule has 2 N–H and O–H groups in total. The highest BCUT2D eigenvalue weighted by molar-refractivity contribution is 7.20. The van der Waals surface area contributed by atoms with Crippen molar-refractivity contribution in [3.05, 3.63) is 52.7 Å². The van der Waals surface area contributed by atoms with Gasteiger partial charge in [-0.05, 0) is 37.3 Å². The lowest BCUT2D eigenvalue weighted by atomic mass is 10.1. The van der Waals surface area contributed by atoms with Crippen LogP contribution in [0, 0.1) is 6.92 Å². The minimum Gasteiger partial charge on any atom is -0.376 e. The number of carbonyl (C=O) groups excluding carboxylic acids is 1. The third-order valence-corrected chi connectivity index (χ3v) is 6.19. The van der Waals surface area contributed by atoms with Crippen LogP contribution in [0.1, 0.15) is 33.6 Å². The van der Waals surface area contributed by atoms with E-state index in [1.807, 2.05) is 25.1 Å². The maximum absolute atomic E-state index is 12.7. The number of aryl methyl sites for hydroxylation is 1. The van der Waals surface area contributed by atoms with Crippen molar-refractivity contribution in [3.8, 4) is 0 Å². The molecule has 28 heavy (non-hydrogen) atoms. The van der Waals surface area contributed by atoms with E-state index in [0.29, 0.717) is 11.4 Å². The molecule has 1 aliphatic rings. The number of fused-ring (bicyclic) bond motifs is 1. The average molecular weight is 397 g/mol. The first-order chi connectivity index (χ1) is 13.7. The largest absolute Gasteiger partial charge is 0.376 e. The molecule has 3 heterocycles. The van der Waals surface area contributed by atoms with E-state index in [9.17, 15) is 4.79 Å². The third-order valence-electron chi connectivity index (χ3n) is 5.00. The molecule has 7 heteroatoms. The zero-order chi connectivity index (χ0) is 19.3. The van der Waals surface area contributed by atoms with Crippen molar-refractivity contribution in [1.82, 2.24) is 15.3 Å². The Morgan fingerprint density at radius 3 is 2.93 bits per heavy atom. The van der Waals surface area contributed by atoms with Gasteiger partial charge < -0.3 is 15.4 Å². The molecule has 0 radical (unpaired) electrons. The van der Waals surface area contributed by atoms with Gasteiger partial charge in [-0.1, -0.05) is 30.3 Å². The van der Waals surface area contributed by atoms with Crippen molar-refractivity contribution in [2.24, 2.45) is 0 Å². The summed E-state index contributed by atoms with van der Waals surface area (Å²) in [6.07, 6.45) is 4.76. The molecular formula is C21H24N4O2S. The summed E-state index contributed by atoms with van der Waals surface area (Å²) in [6.45, 7) is 4.12. The Labute approximate surface area is 168 Å². The van der Waals surface area contributed by atoms with E-state index in [1.54, 1.807) is 6.33 Å². The molecule has 0 unspecified atom stereocenters. The average Bonchev–Trinajstić information content (AvgIpc) is 3.35. The quantitative estimate of drug-likeness (QED) is 0.639. The predicted molar refractivity (Wildman–Crippen MR) is 112 cm³/mol. The van der Waals surface area contributed by atoms with Gasteiger partial charge in [0.15, 0.2) is 0 Å². The molecule has 1 amide bonds. The Morgan fingerprint density at radius 1 is 1.29 bits per heavy atom. The van der Waals surface area contributed by atoms with Crippen molar-refractivity contribution in [3.63, 3.8) is 0 Å². The lowest BCUT2D eigenvalue weighted by Gasteiger charge is -2.12. The summed E-state index contributed by atoms with van der Waals surface area (Å²) in [4.78, 5) is 23.0. The van der Waals surface area contributed by atoms with Gasteiger partial charge in [-0.2, -0.15) is 0 Å². The van der Waals surface area contributed by atoms with Gasteiger partial charge in [0.25, 0.3) is 5.91 Å². The number of rotatable bonds is 7. The van der Waals surface area contributed by atoms with E-state index in [-0.39, 0.29) is 12.0 Å². The van der Waals surface area contributed by atoms with Crippen molar-refractivity contribution >= 4 is 33.3 Å². The Kier molecular flexibility index (Phi) is 5.83. The zero-order valence-corrected chi connectivity index (χ0v) is 16.7. The molecule has 146 valence electrons. The van der Waals surface area contributed by atoms with Gasteiger partial charge in [-0.3, -0.25) is 4.79 Å². The molecular weight excluding hydrogens is 372 g/mol. The van der Waals surface area contributed by atoms with E-state index < -0.39 is 0 Å².